The Labute approximate surface area is 108 Å². The summed E-state index contributed by atoms with van der Waals surface area (Å²) in [6, 6.07) is 8.96. The van der Waals surface area contributed by atoms with Gasteiger partial charge in [0, 0.05) is 0 Å². The molecule has 0 unspecified atom stereocenters. The van der Waals surface area contributed by atoms with E-state index in [1.807, 2.05) is 30.3 Å². The maximum atomic E-state index is 11.4. The second-order valence-electron chi connectivity index (χ2n) is 3.63. The van der Waals surface area contributed by atoms with Crippen molar-refractivity contribution in [1.29, 1.82) is 0 Å². The molecule has 96 valence electrons. The molecular weight excluding hydrogens is 240 g/mol. The van der Waals surface area contributed by atoms with Crippen LogP contribution in [0.4, 0.5) is 0 Å². The highest BCUT2D eigenvalue weighted by atomic mass is 35.5. The summed E-state index contributed by atoms with van der Waals surface area (Å²) in [6.07, 6.45) is 1.31. The van der Waals surface area contributed by atoms with Gasteiger partial charge in [0.05, 0.1) is 0 Å². The molecule has 0 aliphatic carbocycles. The molecule has 1 rings (SSSR count). The molecule has 17 heavy (non-hydrogen) atoms. The molecular formula is C12H19ClN2O2. The topological polar surface area (TPSA) is 78.3 Å². The summed E-state index contributed by atoms with van der Waals surface area (Å²) in [4.78, 5) is 11.4. The Bertz CT molecular complexity index is 320. The minimum absolute atomic E-state index is 0. The number of hydrogen-bond donors (Lipinski definition) is 2. The normalized spacial score (nSPS) is 11.4. The molecule has 0 spiro atoms. The third-order valence-corrected chi connectivity index (χ3v) is 2.25. The first kappa shape index (κ1) is 15.9. The summed E-state index contributed by atoms with van der Waals surface area (Å²) >= 11 is 0. The van der Waals surface area contributed by atoms with Crippen LogP contribution in [0.15, 0.2) is 30.3 Å². The molecule has 4 N–H and O–H groups in total. The Morgan fingerprint density at radius 2 is 1.94 bits per heavy atom. The summed E-state index contributed by atoms with van der Waals surface area (Å²) < 4.78 is 5.08. The average Bonchev–Trinajstić information content (AvgIpc) is 2.34. The van der Waals surface area contributed by atoms with E-state index < -0.39 is 6.04 Å². The second-order valence-corrected chi connectivity index (χ2v) is 3.63. The van der Waals surface area contributed by atoms with Crippen LogP contribution in [-0.4, -0.2) is 18.6 Å². The van der Waals surface area contributed by atoms with Crippen LogP contribution >= 0.6 is 12.4 Å². The summed E-state index contributed by atoms with van der Waals surface area (Å²) in [7, 11) is 0. The van der Waals surface area contributed by atoms with Crippen LogP contribution < -0.4 is 11.5 Å². The van der Waals surface area contributed by atoms with E-state index in [1.54, 1.807) is 0 Å². The number of hydrogen-bond acceptors (Lipinski definition) is 4. The molecule has 0 amide bonds. The number of esters is 1. The van der Waals surface area contributed by atoms with Crippen molar-refractivity contribution in [2.45, 2.75) is 25.5 Å². The van der Waals surface area contributed by atoms with E-state index in [1.165, 1.54) is 0 Å². The third kappa shape index (κ3) is 6.26. The fraction of sp³-hybridized carbons (Fsp3) is 0.417. The van der Waals surface area contributed by atoms with Gasteiger partial charge in [-0.05, 0) is 24.9 Å². The first-order valence-electron chi connectivity index (χ1n) is 5.40. The van der Waals surface area contributed by atoms with E-state index in [0.717, 1.165) is 12.0 Å². The third-order valence-electron chi connectivity index (χ3n) is 2.25. The highest BCUT2D eigenvalue weighted by molar-refractivity contribution is 5.85. The monoisotopic (exact) mass is 258 g/mol. The molecule has 0 fully saturated rings. The van der Waals surface area contributed by atoms with E-state index in [-0.39, 0.29) is 25.0 Å². The highest BCUT2D eigenvalue weighted by Gasteiger charge is 2.13. The van der Waals surface area contributed by atoms with Crippen LogP contribution in [0.3, 0.4) is 0 Å². The van der Waals surface area contributed by atoms with Gasteiger partial charge in [-0.15, -0.1) is 12.4 Å². The Morgan fingerprint density at radius 3 is 2.53 bits per heavy atom. The van der Waals surface area contributed by atoms with Crippen molar-refractivity contribution in [2.75, 3.05) is 6.54 Å². The molecule has 0 aliphatic rings. The summed E-state index contributed by atoms with van der Waals surface area (Å²) in [6.45, 7) is 0.815. The van der Waals surface area contributed by atoms with E-state index in [2.05, 4.69) is 0 Å². The minimum Gasteiger partial charge on any atom is -0.460 e. The van der Waals surface area contributed by atoms with Gasteiger partial charge in [0.15, 0.2) is 0 Å². The smallest absolute Gasteiger partial charge is 0.323 e. The molecule has 0 aromatic heterocycles. The van der Waals surface area contributed by atoms with Crippen molar-refractivity contribution in [3.8, 4) is 0 Å². The van der Waals surface area contributed by atoms with E-state index in [0.29, 0.717) is 13.0 Å². The van der Waals surface area contributed by atoms with Crippen LogP contribution in [0.25, 0.3) is 0 Å². The number of benzene rings is 1. The Balaban J connectivity index is 0.00000256. The first-order chi connectivity index (χ1) is 7.74. The zero-order valence-corrected chi connectivity index (χ0v) is 10.5. The molecule has 4 nitrogen and oxygen atoms in total. The number of nitrogens with two attached hydrogens (primary N) is 2. The quantitative estimate of drug-likeness (QED) is 0.752. The van der Waals surface area contributed by atoms with Gasteiger partial charge in [-0.1, -0.05) is 30.3 Å². The Morgan fingerprint density at radius 1 is 1.29 bits per heavy atom. The van der Waals surface area contributed by atoms with Gasteiger partial charge in [0.25, 0.3) is 0 Å². The van der Waals surface area contributed by atoms with Crippen molar-refractivity contribution in [2.24, 2.45) is 11.5 Å². The van der Waals surface area contributed by atoms with Gasteiger partial charge < -0.3 is 16.2 Å². The highest BCUT2D eigenvalue weighted by Crippen LogP contribution is 2.03. The van der Waals surface area contributed by atoms with Gasteiger partial charge >= 0.3 is 5.97 Å². The number of ether oxygens (including phenoxy) is 1. The van der Waals surface area contributed by atoms with E-state index in [9.17, 15) is 4.79 Å². The number of carbonyl (C=O) groups is 1. The Hall–Kier alpha value is -1.10. The van der Waals surface area contributed by atoms with Gasteiger partial charge in [-0.3, -0.25) is 4.79 Å². The first-order valence-corrected chi connectivity index (χ1v) is 5.40. The number of rotatable bonds is 6. The fourth-order valence-electron chi connectivity index (χ4n) is 1.29. The predicted molar refractivity (Wildman–Crippen MR) is 69.7 cm³/mol. The SMILES string of the molecule is Cl.NCCC[C@H](N)C(=O)OCc1ccccc1. The molecule has 1 atom stereocenters. The van der Waals surface area contributed by atoms with Gasteiger partial charge in [-0.25, -0.2) is 0 Å². The largest absolute Gasteiger partial charge is 0.460 e. The van der Waals surface area contributed by atoms with Crippen molar-refractivity contribution < 1.29 is 9.53 Å². The molecule has 0 aliphatic heterocycles. The Kier molecular flexibility index (Phi) is 8.40. The molecule has 0 saturated carbocycles. The van der Waals surface area contributed by atoms with Crippen LogP contribution in [0.2, 0.25) is 0 Å². The lowest BCUT2D eigenvalue weighted by molar-refractivity contribution is -0.146. The number of halogens is 1. The van der Waals surface area contributed by atoms with Crippen LogP contribution in [0, 0.1) is 0 Å². The maximum Gasteiger partial charge on any atom is 0.323 e. The van der Waals surface area contributed by atoms with Crippen LogP contribution in [0.5, 0.6) is 0 Å². The van der Waals surface area contributed by atoms with Gasteiger partial charge in [-0.2, -0.15) is 0 Å². The zero-order chi connectivity index (χ0) is 11.8. The van der Waals surface area contributed by atoms with Crippen molar-refractivity contribution in [3.05, 3.63) is 35.9 Å². The van der Waals surface area contributed by atoms with Gasteiger partial charge in [0.2, 0.25) is 0 Å². The summed E-state index contributed by atoms with van der Waals surface area (Å²) in [5.41, 5.74) is 11.9. The summed E-state index contributed by atoms with van der Waals surface area (Å²) in [5, 5.41) is 0. The molecule has 0 radical (unpaired) electrons. The second kappa shape index (κ2) is 8.98. The standard InChI is InChI=1S/C12H18N2O2.ClH/c13-8-4-7-11(14)12(15)16-9-10-5-2-1-3-6-10;/h1-3,5-6,11H,4,7-9,13-14H2;1H/t11-;/m0./s1. The molecule has 0 bridgehead atoms. The molecule has 0 heterocycles. The lowest BCUT2D eigenvalue weighted by Gasteiger charge is -2.10. The fourth-order valence-corrected chi connectivity index (χ4v) is 1.29. The van der Waals surface area contributed by atoms with E-state index in [4.69, 9.17) is 16.2 Å². The summed E-state index contributed by atoms with van der Waals surface area (Å²) in [5.74, 6) is -0.364. The van der Waals surface area contributed by atoms with E-state index >= 15 is 0 Å². The van der Waals surface area contributed by atoms with Crippen LogP contribution in [-0.2, 0) is 16.1 Å². The lowest BCUT2D eigenvalue weighted by Crippen LogP contribution is -2.32. The molecule has 1 aromatic carbocycles. The maximum absolute atomic E-state index is 11.4. The number of carbonyl (C=O) groups excluding carboxylic acids is 1. The van der Waals surface area contributed by atoms with Crippen molar-refractivity contribution >= 4 is 18.4 Å². The van der Waals surface area contributed by atoms with Crippen molar-refractivity contribution in [3.63, 3.8) is 0 Å². The lowest BCUT2D eigenvalue weighted by atomic mass is 10.2. The molecule has 0 saturated heterocycles. The molecule has 1 aromatic rings. The van der Waals surface area contributed by atoms with Crippen molar-refractivity contribution in [1.82, 2.24) is 0 Å². The molecule has 5 heteroatoms. The predicted octanol–water partition coefficient (Wildman–Crippen LogP) is 1.22. The van der Waals surface area contributed by atoms with Gasteiger partial charge in [0.1, 0.15) is 12.6 Å². The zero-order valence-electron chi connectivity index (χ0n) is 9.67. The average molecular weight is 259 g/mol. The minimum atomic E-state index is -0.563. The van der Waals surface area contributed by atoms with Crippen LogP contribution in [0.1, 0.15) is 18.4 Å².